The Balaban J connectivity index is 1.64. The zero-order chi connectivity index (χ0) is 13.7. The van der Waals surface area contributed by atoms with Crippen LogP contribution in [0.15, 0.2) is 0 Å². The van der Waals surface area contributed by atoms with Crippen LogP contribution in [0.4, 0.5) is 4.79 Å². The molecule has 108 valence electrons. The maximum absolute atomic E-state index is 11.9. The first-order chi connectivity index (χ1) is 9.18. The van der Waals surface area contributed by atoms with Gasteiger partial charge in [-0.3, -0.25) is 0 Å². The fraction of sp³-hybridized carbons (Fsp3) is 0.833. The summed E-state index contributed by atoms with van der Waals surface area (Å²) >= 11 is 1.48. The van der Waals surface area contributed by atoms with Gasteiger partial charge in [0.15, 0.2) is 0 Å². The van der Waals surface area contributed by atoms with Gasteiger partial charge in [0.1, 0.15) is 6.04 Å². The van der Waals surface area contributed by atoms with Gasteiger partial charge in [-0.1, -0.05) is 0 Å². The number of carboxylic acids is 1. The van der Waals surface area contributed by atoms with Gasteiger partial charge < -0.3 is 20.2 Å². The van der Waals surface area contributed by atoms with E-state index < -0.39 is 12.0 Å². The minimum absolute atomic E-state index is 0.251. The number of likely N-dealkylation sites (tertiary alicyclic amines) is 1. The van der Waals surface area contributed by atoms with Crippen molar-refractivity contribution in [3.05, 3.63) is 0 Å². The van der Waals surface area contributed by atoms with Crippen molar-refractivity contribution in [2.24, 2.45) is 0 Å². The van der Waals surface area contributed by atoms with Gasteiger partial charge in [0.05, 0.1) is 5.88 Å². The molecule has 2 saturated heterocycles. The van der Waals surface area contributed by atoms with E-state index in [-0.39, 0.29) is 6.03 Å². The summed E-state index contributed by atoms with van der Waals surface area (Å²) in [5, 5.41) is 11.8. The SMILES string of the molecule is O=C(O)C1CSCN1C(=O)NCCCN1CCCC1. The average Bonchev–Trinajstić information content (AvgIpc) is 3.04. The quantitative estimate of drug-likeness (QED) is 0.726. The number of aliphatic carboxylic acids is 1. The second kappa shape index (κ2) is 7.00. The van der Waals surface area contributed by atoms with Crippen LogP contribution in [0, 0.1) is 0 Å². The molecule has 0 aliphatic carbocycles. The van der Waals surface area contributed by atoms with Crippen molar-refractivity contribution in [2.45, 2.75) is 25.3 Å². The number of hydrogen-bond acceptors (Lipinski definition) is 4. The van der Waals surface area contributed by atoms with Crippen LogP contribution in [0.5, 0.6) is 0 Å². The molecule has 1 atom stereocenters. The molecular weight excluding hydrogens is 266 g/mol. The van der Waals surface area contributed by atoms with E-state index in [0.29, 0.717) is 18.2 Å². The molecule has 19 heavy (non-hydrogen) atoms. The van der Waals surface area contributed by atoms with Gasteiger partial charge in [0, 0.05) is 12.3 Å². The third-order valence-electron chi connectivity index (χ3n) is 3.55. The Morgan fingerprint density at radius 2 is 2.05 bits per heavy atom. The Morgan fingerprint density at radius 3 is 2.74 bits per heavy atom. The van der Waals surface area contributed by atoms with Gasteiger partial charge in [-0.05, 0) is 38.9 Å². The maximum Gasteiger partial charge on any atom is 0.327 e. The van der Waals surface area contributed by atoms with Crippen LogP contribution in [0.3, 0.4) is 0 Å². The van der Waals surface area contributed by atoms with Crippen LogP contribution < -0.4 is 5.32 Å². The number of urea groups is 1. The Kier molecular flexibility index (Phi) is 5.33. The third-order valence-corrected chi connectivity index (χ3v) is 4.57. The lowest BCUT2D eigenvalue weighted by atomic mass is 10.3. The molecule has 7 heteroatoms. The van der Waals surface area contributed by atoms with Crippen LogP contribution in [-0.4, -0.2) is 70.8 Å². The first-order valence-electron chi connectivity index (χ1n) is 6.76. The van der Waals surface area contributed by atoms with Gasteiger partial charge in [0.2, 0.25) is 0 Å². The summed E-state index contributed by atoms with van der Waals surface area (Å²) in [6.45, 7) is 3.95. The lowest BCUT2D eigenvalue weighted by Crippen LogP contribution is -2.47. The number of carbonyl (C=O) groups is 2. The lowest BCUT2D eigenvalue weighted by molar-refractivity contribution is -0.140. The molecule has 0 bridgehead atoms. The minimum Gasteiger partial charge on any atom is -0.480 e. The van der Waals surface area contributed by atoms with Crippen molar-refractivity contribution in [3.63, 3.8) is 0 Å². The van der Waals surface area contributed by atoms with E-state index in [1.165, 1.54) is 29.5 Å². The molecular formula is C12H21N3O3S. The molecule has 6 nitrogen and oxygen atoms in total. The summed E-state index contributed by atoms with van der Waals surface area (Å²) in [5.74, 6) is 0.0306. The van der Waals surface area contributed by atoms with Crippen molar-refractivity contribution in [2.75, 3.05) is 37.8 Å². The average molecular weight is 287 g/mol. The number of rotatable bonds is 5. The van der Waals surface area contributed by atoms with E-state index in [4.69, 9.17) is 5.11 Å². The van der Waals surface area contributed by atoms with Gasteiger partial charge in [-0.25, -0.2) is 9.59 Å². The second-order valence-electron chi connectivity index (χ2n) is 4.96. The lowest BCUT2D eigenvalue weighted by Gasteiger charge is -2.21. The van der Waals surface area contributed by atoms with E-state index in [9.17, 15) is 9.59 Å². The predicted molar refractivity (Wildman–Crippen MR) is 74.3 cm³/mol. The van der Waals surface area contributed by atoms with E-state index >= 15 is 0 Å². The monoisotopic (exact) mass is 287 g/mol. The predicted octanol–water partition coefficient (Wildman–Crippen LogP) is 0.641. The van der Waals surface area contributed by atoms with Gasteiger partial charge >= 0.3 is 12.0 Å². The van der Waals surface area contributed by atoms with Gasteiger partial charge in [-0.2, -0.15) is 0 Å². The third kappa shape index (κ3) is 4.01. The summed E-state index contributed by atoms with van der Waals surface area (Å²) in [5.41, 5.74) is 0. The van der Waals surface area contributed by atoms with Gasteiger partial charge in [-0.15, -0.1) is 11.8 Å². The van der Waals surface area contributed by atoms with Crippen molar-refractivity contribution in [1.29, 1.82) is 0 Å². The summed E-state index contributed by atoms with van der Waals surface area (Å²) in [6.07, 6.45) is 3.47. The zero-order valence-electron chi connectivity index (χ0n) is 11.0. The normalized spacial score (nSPS) is 23.8. The van der Waals surface area contributed by atoms with E-state index in [1.807, 2.05) is 0 Å². The first-order valence-corrected chi connectivity index (χ1v) is 7.91. The topological polar surface area (TPSA) is 72.9 Å². The maximum atomic E-state index is 11.9. The highest BCUT2D eigenvalue weighted by atomic mass is 32.2. The van der Waals surface area contributed by atoms with E-state index in [2.05, 4.69) is 10.2 Å². The standard InChI is InChI=1S/C12H21N3O3S/c16-11(17)10-8-19-9-15(10)12(18)13-4-3-7-14-5-1-2-6-14/h10H,1-9H2,(H,13,18)(H,16,17). The summed E-state index contributed by atoms with van der Waals surface area (Å²) in [6, 6.07) is -0.928. The van der Waals surface area contributed by atoms with Crippen LogP contribution in [0.2, 0.25) is 0 Å². The zero-order valence-corrected chi connectivity index (χ0v) is 11.8. The molecule has 0 aromatic rings. The molecule has 2 amide bonds. The molecule has 0 spiro atoms. The molecule has 0 saturated carbocycles. The number of carbonyl (C=O) groups excluding carboxylic acids is 1. The first kappa shape index (κ1) is 14.5. The molecule has 2 aliphatic rings. The molecule has 2 heterocycles. The molecule has 0 radical (unpaired) electrons. The number of carboxylic acid groups (broad SMARTS) is 1. The highest BCUT2D eigenvalue weighted by Crippen LogP contribution is 2.20. The fourth-order valence-electron chi connectivity index (χ4n) is 2.45. The van der Waals surface area contributed by atoms with Gasteiger partial charge in [0.25, 0.3) is 0 Å². The molecule has 0 aromatic heterocycles. The summed E-state index contributed by atoms with van der Waals surface area (Å²) in [7, 11) is 0. The highest BCUT2D eigenvalue weighted by Gasteiger charge is 2.34. The molecule has 1 unspecified atom stereocenters. The van der Waals surface area contributed by atoms with Crippen LogP contribution in [0.25, 0.3) is 0 Å². The number of nitrogens with zero attached hydrogens (tertiary/aromatic N) is 2. The van der Waals surface area contributed by atoms with Crippen LogP contribution >= 0.6 is 11.8 Å². The summed E-state index contributed by atoms with van der Waals surface area (Å²) in [4.78, 5) is 26.7. The molecule has 0 aromatic carbocycles. The number of nitrogens with one attached hydrogen (secondary N) is 1. The van der Waals surface area contributed by atoms with E-state index in [0.717, 1.165) is 26.1 Å². The molecule has 2 aliphatic heterocycles. The van der Waals surface area contributed by atoms with Crippen molar-refractivity contribution < 1.29 is 14.7 Å². The van der Waals surface area contributed by atoms with Crippen LogP contribution in [0.1, 0.15) is 19.3 Å². The Morgan fingerprint density at radius 1 is 1.32 bits per heavy atom. The Bertz CT molecular complexity index is 334. The van der Waals surface area contributed by atoms with Crippen molar-refractivity contribution in [3.8, 4) is 0 Å². The van der Waals surface area contributed by atoms with Crippen LogP contribution in [-0.2, 0) is 4.79 Å². The Labute approximate surface area is 117 Å². The summed E-state index contributed by atoms with van der Waals surface area (Å²) < 4.78 is 0. The number of thioether (sulfide) groups is 1. The Hall–Kier alpha value is -0.950. The smallest absolute Gasteiger partial charge is 0.327 e. The minimum atomic E-state index is -0.919. The second-order valence-corrected chi connectivity index (χ2v) is 5.96. The molecule has 2 rings (SSSR count). The highest BCUT2D eigenvalue weighted by molar-refractivity contribution is 7.99. The largest absolute Gasteiger partial charge is 0.480 e. The van der Waals surface area contributed by atoms with Crippen molar-refractivity contribution >= 4 is 23.8 Å². The number of amides is 2. The number of hydrogen-bond donors (Lipinski definition) is 2. The fourth-order valence-corrected chi connectivity index (χ4v) is 3.60. The molecule has 2 fully saturated rings. The molecule has 2 N–H and O–H groups in total. The van der Waals surface area contributed by atoms with Crippen molar-refractivity contribution in [1.82, 2.24) is 15.1 Å². The van der Waals surface area contributed by atoms with E-state index in [1.54, 1.807) is 0 Å².